The molecule has 0 heterocycles. The van der Waals surface area contributed by atoms with Crippen LogP contribution in [-0.2, 0) is 9.47 Å². The topological polar surface area (TPSA) is 52.6 Å². The van der Waals surface area contributed by atoms with Crippen LogP contribution in [0.3, 0.4) is 0 Å². The third kappa shape index (κ3) is 5.51. The van der Waals surface area contributed by atoms with Crippen LogP contribution in [0.5, 0.6) is 0 Å². The van der Waals surface area contributed by atoms with Crippen LogP contribution >= 0.6 is 45.2 Å². The number of carbonyl (C=O) groups excluding carboxylic acids is 2. The summed E-state index contributed by atoms with van der Waals surface area (Å²) in [7, 11) is 0. The highest BCUT2D eigenvalue weighted by Crippen LogP contribution is 2.29. The van der Waals surface area contributed by atoms with Crippen LogP contribution in [-0.4, -0.2) is 25.2 Å². The maximum Gasteiger partial charge on any atom is 0.342 e. The second-order valence-corrected chi connectivity index (χ2v) is 9.36. The Balaban J connectivity index is 2.14. The van der Waals surface area contributed by atoms with E-state index >= 15 is 0 Å². The van der Waals surface area contributed by atoms with Gasteiger partial charge in [0.05, 0.1) is 20.4 Å². The number of hydrogen-bond donors (Lipinski definition) is 0. The van der Waals surface area contributed by atoms with E-state index < -0.39 is 95.4 Å². The summed E-state index contributed by atoms with van der Waals surface area (Å²) in [4.78, 5) is 24.2. The Morgan fingerprint density at radius 3 is 1.18 bits per heavy atom. The number of ether oxygens (including phenoxy) is 2. The van der Waals surface area contributed by atoms with E-state index in [-0.39, 0.29) is 0 Å². The lowest BCUT2D eigenvalue weighted by molar-refractivity contribution is 0.00538. The predicted octanol–water partition coefficient (Wildman–Crippen LogP) is 6.05. The van der Waals surface area contributed by atoms with Gasteiger partial charge >= 0.3 is 11.9 Å². The Bertz CT molecular complexity index is 1010. The van der Waals surface area contributed by atoms with Crippen LogP contribution in [0.2, 0.25) is 0 Å². The average molecular weight is 708 g/mol. The molecule has 2 aromatic carbocycles. The lowest BCUT2D eigenvalue weighted by atomic mass is 9.96. The second kappa shape index (κ2) is 10.3. The van der Waals surface area contributed by atoms with Crippen molar-refractivity contribution >= 4 is 57.1 Å². The fraction of sp³-hybridized carbons (Fsp3) is 0.263. The molecule has 0 aromatic heterocycles. The fourth-order valence-corrected chi connectivity index (χ4v) is 3.66. The van der Waals surface area contributed by atoms with Crippen molar-refractivity contribution in [3.05, 3.63) is 64.8 Å². The monoisotopic (exact) mass is 708 g/mol. The van der Waals surface area contributed by atoms with E-state index in [9.17, 15) is 44.7 Å². The maximum absolute atomic E-state index is 13.9. The van der Waals surface area contributed by atoms with Crippen LogP contribution in [0.1, 0.15) is 34.6 Å². The van der Waals surface area contributed by atoms with E-state index in [0.29, 0.717) is 0 Å². The largest absolute Gasteiger partial charge is 0.461 e. The van der Waals surface area contributed by atoms with E-state index in [1.165, 1.54) is 13.8 Å². The lowest BCUT2D eigenvalue weighted by Gasteiger charge is -2.24. The van der Waals surface area contributed by atoms with Gasteiger partial charge in [-0.05, 0) is 45.2 Å². The molecule has 0 amide bonds. The third-order valence-corrected chi connectivity index (χ3v) is 6.04. The highest BCUT2D eigenvalue weighted by molar-refractivity contribution is 14.1. The summed E-state index contributed by atoms with van der Waals surface area (Å²) in [5, 5.41) is 0. The highest BCUT2D eigenvalue weighted by atomic mass is 127. The van der Waals surface area contributed by atoms with Crippen LogP contribution in [0.15, 0.2) is 0 Å². The molecular weight excluding hydrogens is 698 g/mol. The highest BCUT2D eigenvalue weighted by Gasteiger charge is 2.33. The first-order valence-electron chi connectivity index (χ1n) is 8.49. The minimum atomic E-state index is -2.22. The summed E-state index contributed by atoms with van der Waals surface area (Å²) < 4.78 is 116. The Hall–Kier alpha value is -1.72. The molecule has 0 saturated carbocycles. The molecule has 0 atom stereocenters. The van der Waals surface area contributed by atoms with Crippen molar-refractivity contribution in [1.82, 2.24) is 0 Å². The summed E-state index contributed by atoms with van der Waals surface area (Å²) >= 11 is 2.16. The first kappa shape index (κ1) is 27.5. The van der Waals surface area contributed by atoms with Crippen molar-refractivity contribution in [2.24, 2.45) is 5.41 Å². The molecule has 2 rings (SSSR count). The molecular formula is C19H10F8I2O4. The molecule has 0 aliphatic rings. The zero-order valence-corrected chi connectivity index (χ0v) is 20.6. The van der Waals surface area contributed by atoms with Gasteiger partial charge in [-0.1, -0.05) is 13.8 Å². The predicted molar refractivity (Wildman–Crippen MR) is 112 cm³/mol. The van der Waals surface area contributed by atoms with Gasteiger partial charge in [-0.3, -0.25) is 0 Å². The van der Waals surface area contributed by atoms with Crippen molar-refractivity contribution in [2.45, 2.75) is 13.8 Å². The quantitative estimate of drug-likeness (QED) is 0.121. The van der Waals surface area contributed by atoms with Gasteiger partial charge in [0.25, 0.3) is 0 Å². The van der Waals surface area contributed by atoms with Gasteiger partial charge in [0.15, 0.2) is 46.5 Å². The zero-order valence-electron chi connectivity index (χ0n) is 16.3. The van der Waals surface area contributed by atoms with E-state index in [2.05, 4.69) is 0 Å². The van der Waals surface area contributed by atoms with Crippen LogP contribution < -0.4 is 0 Å². The smallest absolute Gasteiger partial charge is 0.342 e. The second-order valence-electron chi connectivity index (χ2n) is 7.21. The number of esters is 2. The molecule has 14 heteroatoms. The number of carbonyl (C=O) groups is 2. The van der Waals surface area contributed by atoms with Crippen molar-refractivity contribution < 1.29 is 54.2 Å². The number of halogens is 10. The SMILES string of the molecule is CC(C)(COC(=O)c1c(F)c(F)c(F)c(F)c1I)COC(=O)c1c(F)c(F)c(F)c(F)c1I. The number of rotatable bonds is 6. The average Bonchev–Trinajstić information content (AvgIpc) is 2.76. The number of hydrogen-bond acceptors (Lipinski definition) is 4. The molecule has 0 N–H and O–H groups in total. The van der Waals surface area contributed by atoms with Gasteiger partial charge in [-0.2, -0.15) is 0 Å². The van der Waals surface area contributed by atoms with E-state index in [0.717, 1.165) is 45.2 Å². The Morgan fingerprint density at radius 1 is 0.606 bits per heavy atom. The van der Waals surface area contributed by atoms with Crippen LogP contribution in [0, 0.1) is 59.1 Å². The molecule has 0 fully saturated rings. The summed E-state index contributed by atoms with van der Waals surface area (Å²) in [6.07, 6.45) is 0. The minimum Gasteiger partial charge on any atom is -0.461 e. The van der Waals surface area contributed by atoms with Gasteiger partial charge in [0, 0.05) is 5.41 Å². The standard InChI is InChI=1S/C19H10F8I2O4/c1-19(2,3-32-17(30)5-7(20)9(22)11(24)13(26)15(5)28)4-33-18(31)6-8(21)10(23)12(25)14(27)16(6)29/h3-4H2,1-2H3. The molecule has 0 unspecified atom stereocenters. The van der Waals surface area contributed by atoms with Crippen molar-refractivity contribution in [2.75, 3.05) is 13.2 Å². The van der Waals surface area contributed by atoms with Gasteiger partial charge in [0.2, 0.25) is 0 Å². The Kier molecular flexibility index (Phi) is 8.56. The van der Waals surface area contributed by atoms with Gasteiger partial charge < -0.3 is 9.47 Å². The molecule has 0 bridgehead atoms. The first-order valence-corrected chi connectivity index (χ1v) is 10.6. The van der Waals surface area contributed by atoms with Gasteiger partial charge in [-0.25, -0.2) is 44.7 Å². The molecule has 0 spiro atoms. The minimum absolute atomic E-state index is 0.652. The van der Waals surface area contributed by atoms with E-state index in [1.807, 2.05) is 0 Å². The fourth-order valence-electron chi connectivity index (χ4n) is 2.28. The van der Waals surface area contributed by atoms with Crippen molar-refractivity contribution in [3.8, 4) is 0 Å². The number of benzene rings is 2. The Morgan fingerprint density at radius 2 is 0.879 bits per heavy atom. The lowest BCUT2D eigenvalue weighted by Crippen LogP contribution is -2.30. The summed E-state index contributed by atoms with van der Waals surface area (Å²) in [5.41, 5.74) is -3.69. The molecule has 2 aromatic rings. The molecule has 0 aliphatic heterocycles. The summed E-state index contributed by atoms with van der Waals surface area (Å²) in [5.74, 6) is -19.3. The molecule has 4 nitrogen and oxygen atoms in total. The first-order chi connectivity index (χ1) is 15.1. The van der Waals surface area contributed by atoms with Crippen LogP contribution in [0.25, 0.3) is 0 Å². The maximum atomic E-state index is 13.9. The summed E-state index contributed by atoms with van der Waals surface area (Å²) in [6, 6.07) is 0. The summed E-state index contributed by atoms with van der Waals surface area (Å²) in [6.45, 7) is 1.35. The van der Waals surface area contributed by atoms with Gasteiger partial charge in [-0.15, -0.1) is 0 Å². The third-order valence-electron chi connectivity index (χ3n) is 4.02. The van der Waals surface area contributed by atoms with Crippen molar-refractivity contribution in [3.63, 3.8) is 0 Å². The molecule has 0 radical (unpaired) electrons. The molecule has 33 heavy (non-hydrogen) atoms. The van der Waals surface area contributed by atoms with Crippen molar-refractivity contribution in [1.29, 1.82) is 0 Å². The molecule has 0 aliphatic carbocycles. The molecule has 180 valence electrons. The van der Waals surface area contributed by atoms with E-state index in [1.54, 1.807) is 0 Å². The van der Waals surface area contributed by atoms with E-state index in [4.69, 9.17) is 9.47 Å². The zero-order chi connectivity index (χ0) is 25.4. The van der Waals surface area contributed by atoms with Crippen LogP contribution in [0.4, 0.5) is 35.1 Å². The Labute approximate surface area is 207 Å². The molecule has 0 saturated heterocycles. The van der Waals surface area contributed by atoms with Gasteiger partial charge in [0.1, 0.15) is 11.1 Å². The normalized spacial score (nSPS) is 11.5.